The van der Waals surface area contributed by atoms with E-state index in [1.54, 1.807) is 7.11 Å². The Balaban J connectivity index is 2.43. The van der Waals surface area contributed by atoms with Gasteiger partial charge in [0.25, 0.3) is 0 Å². The molecule has 0 aliphatic carbocycles. The number of nitrogens with one attached hydrogen (secondary N) is 1. The van der Waals surface area contributed by atoms with Crippen molar-refractivity contribution in [2.24, 2.45) is 5.92 Å². The summed E-state index contributed by atoms with van der Waals surface area (Å²) in [5, 5.41) is 2.60. The smallest absolute Gasteiger partial charge is 0.385 e. The van der Waals surface area contributed by atoms with E-state index >= 15 is 0 Å². The van der Waals surface area contributed by atoms with Crippen LogP contribution in [0, 0.1) is 5.92 Å². The number of rotatable bonds is 8. The fourth-order valence-corrected chi connectivity index (χ4v) is 2.41. The van der Waals surface area contributed by atoms with Crippen LogP contribution in [-0.2, 0) is 19.1 Å². The molecule has 1 aliphatic rings. The molecule has 1 saturated heterocycles. The Labute approximate surface area is 138 Å². The first-order valence-corrected chi connectivity index (χ1v) is 7.49. The van der Waals surface area contributed by atoms with Gasteiger partial charge in [0.05, 0.1) is 12.5 Å². The molecule has 1 heterocycles. The van der Waals surface area contributed by atoms with Crippen LogP contribution in [0.2, 0.25) is 0 Å². The van der Waals surface area contributed by atoms with E-state index in [0.29, 0.717) is 24.5 Å². The average molecular weight is 353 g/mol. The van der Waals surface area contributed by atoms with Crippen molar-refractivity contribution in [3.05, 3.63) is 0 Å². The molecule has 0 spiro atoms. The van der Waals surface area contributed by atoms with E-state index in [4.69, 9.17) is 4.74 Å². The lowest BCUT2D eigenvalue weighted by Crippen LogP contribution is -2.42. The molecule has 10 heteroatoms. The van der Waals surface area contributed by atoms with Crippen LogP contribution in [0.15, 0.2) is 0 Å². The number of amides is 3. The van der Waals surface area contributed by atoms with Crippen LogP contribution in [0.3, 0.4) is 0 Å². The van der Waals surface area contributed by atoms with Crippen molar-refractivity contribution in [3.63, 3.8) is 0 Å². The first-order valence-electron chi connectivity index (χ1n) is 7.49. The van der Waals surface area contributed by atoms with Gasteiger partial charge in [-0.15, -0.1) is 0 Å². The summed E-state index contributed by atoms with van der Waals surface area (Å²) in [5.74, 6) is -2.45. The zero-order valence-corrected chi connectivity index (χ0v) is 13.7. The van der Waals surface area contributed by atoms with Gasteiger partial charge in [-0.05, 0) is 6.42 Å². The van der Waals surface area contributed by atoms with Gasteiger partial charge in [-0.25, -0.2) is 0 Å². The first-order chi connectivity index (χ1) is 11.1. The minimum atomic E-state index is -4.50. The predicted molar refractivity (Wildman–Crippen MR) is 77.9 cm³/mol. The van der Waals surface area contributed by atoms with Crippen molar-refractivity contribution < 1.29 is 32.3 Å². The molecule has 1 N–H and O–H groups in total. The molecule has 1 aliphatic heterocycles. The van der Waals surface area contributed by atoms with Crippen LogP contribution in [0.25, 0.3) is 0 Å². The number of halogens is 3. The molecule has 138 valence electrons. The molecule has 7 nitrogen and oxygen atoms in total. The number of likely N-dealkylation sites (tertiary alicyclic amines) is 1. The van der Waals surface area contributed by atoms with Gasteiger partial charge in [-0.3, -0.25) is 14.4 Å². The second-order valence-corrected chi connectivity index (χ2v) is 5.68. The van der Waals surface area contributed by atoms with E-state index in [0.717, 1.165) is 4.90 Å². The summed E-state index contributed by atoms with van der Waals surface area (Å²) < 4.78 is 41.9. The van der Waals surface area contributed by atoms with Crippen LogP contribution >= 0.6 is 0 Å². The van der Waals surface area contributed by atoms with Gasteiger partial charge in [0.1, 0.15) is 6.54 Å². The number of ether oxygens (including phenoxy) is 1. The Morgan fingerprint density at radius 1 is 1.42 bits per heavy atom. The highest BCUT2D eigenvalue weighted by molar-refractivity contribution is 5.91. The SMILES string of the molecule is COCCCNC(=O)CN(C)C(=O)C1CC(=O)N(CC(F)(F)F)C1. The maximum absolute atomic E-state index is 12.4. The molecule has 1 unspecified atom stereocenters. The third-order valence-corrected chi connectivity index (χ3v) is 3.54. The predicted octanol–water partition coefficient (Wildman–Crippen LogP) is 0.00830. The van der Waals surface area contributed by atoms with Gasteiger partial charge < -0.3 is 19.9 Å². The quantitative estimate of drug-likeness (QED) is 0.624. The summed E-state index contributed by atoms with van der Waals surface area (Å²) >= 11 is 0. The van der Waals surface area contributed by atoms with Crippen molar-refractivity contribution >= 4 is 17.7 Å². The van der Waals surface area contributed by atoms with Crippen molar-refractivity contribution in [2.45, 2.75) is 19.0 Å². The van der Waals surface area contributed by atoms with Crippen molar-refractivity contribution in [2.75, 3.05) is 46.9 Å². The van der Waals surface area contributed by atoms with E-state index < -0.39 is 30.5 Å². The maximum atomic E-state index is 12.4. The molecule has 1 fully saturated rings. The Kier molecular flexibility index (Phi) is 7.46. The Hall–Kier alpha value is -1.84. The average Bonchev–Trinajstić information content (AvgIpc) is 2.82. The van der Waals surface area contributed by atoms with Gasteiger partial charge in [0, 0.05) is 40.3 Å². The number of hydrogen-bond donors (Lipinski definition) is 1. The molecule has 0 saturated carbocycles. The monoisotopic (exact) mass is 353 g/mol. The Morgan fingerprint density at radius 3 is 2.67 bits per heavy atom. The second kappa shape index (κ2) is 8.86. The first kappa shape index (κ1) is 20.2. The molecule has 0 bridgehead atoms. The standard InChI is InChI=1S/C14H22F3N3O4/c1-19(8-11(21)18-4-3-5-24-2)13(23)10-6-12(22)20(7-10)9-14(15,16)17/h10H,3-9H2,1-2H3,(H,18,21). The van der Waals surface area contributed by atoms with E-state index in [-0.39, 0.29) is 25.4 Å². The van der Waals surface area contributed by atoms with E-state index in [9.17, 15) is 27.6 Å². The zero-order valence-electron chi connectivity index (χ0n) is 13.7. The summed E-state index contributed by atoms with van der Waals surface area (Å²) in [6.07, 6.45) is -4.14. The molecular formula is C14H22F3N3O4. The fraction of sp³-hybridized carbons (Fsp3) is 0.786. The molecule has 1 atom stereocenters. The summed E-state index contributed by atoms with van der Waals surface area (Å²) in [6.45, 7) is -0.962. The number of likely N-dealkylation sites (N-methyl/N-ethyl adjacent to an activating group) is 1. The number of carbonyl (C=O) groups is 3. The third kappa shape index (κ3) is 6.73. The molecule has 0 aromatic rings. The third-order valence-electron chi connectivity index (χ3n) is 3.54. The second-order valence-electron chi connectivity index (χ2n) is 5.68. The Bertz CT molecular complexity index is 471. The molecule has 3 amide bonds. The van der Waals surface area contributed by atoms with Gasteiger partial charge in [-0.1, -0.05) is 0 Å². The highest BCUT2D eigenvalue weighted by Crippen LogP contribution is 2.24. The van der Waals surface area contributed by atoms with Crippen LogP contribution in [0.4, 0.5) is 13.2 Å². The molecule has 24 heavy (non-hydrogen) atoms. The van der Waals surface area contributed by atoms with Gasteiger partial charge in [0.2, 0.25) is 17.7 Å². The number of hydrogen-bond acceptors (Lipinski definition) is 4. The highest BCUT2D eigenvalue weighted by Gasteiger charge is 2.41. The molecule has 0 aromatic heterocycles. The van der Waals surface area contributed by atoms with Crippen LogP contribution in [0.1, 0.15) is 12.8 Å². The highest BCUT2D eigenvalue weighted by atomic mass is 19.4. The Morgan fingerprint density at radius 2 is 2.08 bits per heavy atom. The normalized spacial score (nSPS) is 18.0. The minimum Gasteiger partial charge on any atom is -0.385 e. The number of nitrogens with zero attached hydrogens (tertiary/aromatic N) is 2. The number of methoxy groups -OCH3 is 1. The van der Waals surface area contributed by atoms with Gasteiger partial charge in [-0.2, -0.15) is 13.2 Å². The molecule has 0 radical (unpaired) electrons. The summed E-state index contributed by atoms with van der Waals surface area (Å²) in [6, 6.07) is 0. The van der Waals surface area contributed by atoms with Gasteiger partial charge >= 0.3 is 6.18 Å². The summed E-state index contributed by atoms with van der Waals surface area (Å²) in [7, 11) is 2.92. The number of alkyl halides is 3. The van der Waals surface area contributed by atoms with Crippen LogP contribution in [-0.4, -0.2) is 80.6 Å². The van der Waals surface area contributed by atoms with Crippen molar-refractivity contribution in [1.29, 1.82) is 0 Å². The van der Waals surface area contributed by atoms with Crippen LogP contribution < -0.4 is 5.32 Å². The largest absolute Gasteiger partial charge is 0.406 e. The lowest BCUT2D eigenvalue weighted by atomic mass is 10.1. The van der Waals surface area contributed by atoms with Crippen molar-refractivity contribution in [1.82, 2.24) is 15.1 Å². The summed E-state index contributed by atoms with van der Waals surface area (Å²) in [4.78, 5) is 37.2. The topological polar surface area (TPSA) is 79.0 Å². The lowest BCUT2D eigenvalue weighted by Gasteiger charge is -2.21. The van der Waals surface area contributed by atoms with E-state index in [1.165, 1.54) is 7.05 Å². The van der Waals surface area contributed by atoms with Crippen molar-refractivity contribution in [3.8, 4) is 0 Å². The zero-order chi connectivity index (χ0) is 18.3. The summed E-state index contributed by atoms with van der Waals surface area (Å²) in [5.41, 5.74) is 0. The van der Waals surface area contributed by atoms with E-state index in [1.807, 2.05) is 0 Å². The van der Waals surface area contributed by atoms with E-state index in [2.05, 4.69) is 5.32 Å². The lowest BCUT2D eigenvalue weighted by molar-refractivity contribution is -0.157. The number of carbonyl (C=O) groups excluding carboxylic acids is 3. The molecular weight excluding hydrogens is 331 g/mol. The fourth-order valence-electron chi connectivity index (χ4n) is 2.41. The van der Waals surface area contributed by atoms with Crippen LogP contribution in [0.5, 0.6) is 0 Å². The minimum absolute atomic E-state index is 0.213. The van der Waals surface area contributed by atoms with Gasteiger partial charge in [0.15, 0.2) is 0 Å². The molecule has 1 rings (SSSR count). The molecule has 0 aromatic carbocycles. The maximum Gasteiger partial charge on any atom is 0.406 e.